The Kier molecular flexibility index (Phi) is 5.31. The molecule has 1 aliphatic heterocycles. The predicted molar refractivity (Wildman–Crippen MR) is 102 cm³/mol. The Bertz CT molecular complexity index is 1050. The Labute approximate surface area is 166 Å². The lowest BCUT2D eigenvalue weighted by Gasteiger charge is -2.15. The van der Waals surface area contributed by atoms with Gasteiger partial charge < -0.3 is 9.47 Å². The molecule has 0 atom stereocenters. The van der Waals surface area contributed by atoms with Crippen LogP contribution < -0.4 is 14.4 Å². The minimum absolute atomic E-state index is 0.0204. The fraction of sp³-hybridized carbons (Fsp3) is 0.353. The zero-order chi connectivity index (χ0) is 20.6. The van der Waals surface area contributed by atoms with Crippen molar-refractivity contribution in [3.05, 3.63) is 28.8 Å². The summed E-state index contributed by atoms with van der Waals surface area (Å²) in [5.74, 6) is -0.345. The van der Waals surface area contributed by atoms with Crippen LogP contribution in [0.1, 0.15) is 29.9 Å². The van der Waals surface area contributed by atoms with E-state index in [0.29, 0.717) is 17.4 Å². The summed E-state index contributed by atoms with van der Waals surface area (Å²) < 4.78 is 36.8. The van der Waals surface area contributed by atoms with Crippen molar-refractivity contribution in [2.45, 2.75) is 25.3 Å². The van der Waals surface area contributed by atoms with Gasteiger partial charge in [-0.25, -0.2) is 17.7 Å². The van der Waals surface area contributed by atoms with E-state index in [2.05, 4.69) is 4.98 Å². The maximum Gasteiger partial charge on any atom is 0.269 e. The number of amides is 2. The molecule has 2 amide bonds. The highest BCUT2D eigenvalue weighted by Crippen LogP contribution is 2.39. The molecule has 2 aromatic rings. The number of fused-ring (bicyclic) bond motifs is 1. The van der Waals surface area contributed by atoms with Gasteiger partial charge in [0.1, 0.15) is 4.90 Å². The van der Waals surface area contributed by atoms with E-state index < -0.39 is 15.9 Å². The van der Waals surface area contributed by atoms with Gasteiger partial charge in [-0.15, -0.1) is 11.3 Å². The normalized spacial score (nSPS) is 14.7. The van der Waals surface area contributed by atoms with Gasteiger partial charge in [0.2, 0.25) is 5.91 Å². The number of rotatable bonds is 6. The highest BCUT2D eigenvalue weighted by Gasteiger charge is 2.42. The van der Waals surface area contributed by atoms with Crippen LogP contribution >= 0.6 is 11.3 Å². The Morgan fingerprint density at radius 3 is 2.46 bits per heavy atom. The van der Waals surface area contributed by atoms with Gasteiger partial charge in [0.05, 0.1) is 32.0 Å². The maximum absolute atomic E-state index is 12.9. The number of carbonyl (C=O) groups is 2. The van der Waals surface area contributed by atoms with Crippen molar-refractivity contribution in [1.29, 1.82) is 0 Å². The third-order valence-corrected chi connectivity index (χ3v) is 6.96. The summed E-state index contributed by atoms with van der Waals surface area (Å²) in [5.41, 5.74) is 0.399. The monoisotopic (exact) mass is 425 g/mol. The second kappa shape index (κ2) is 7.40. The number of benzene rings is 1. The number of aromatic nitrogens is 1. The average Bonchev–Trinajstić information content (AvgIpc) is 3.18. The van der Waals surface area contributed by atoms with Crippen LogP contribution in [0, 0.1) is 0 Å². The number of ether oxygens (including phenoxy) is 2. The van der Waals surface area contributed by atoms with E-state index in [1.54, 1.807) is 5.38 Å². The minimum Gasteiger partial charge on any atom is -0.493 e. The first-order valence-electron chi connectivity index (χ1n) is 8.30. The van der Waals surface area contributed by atoms with Crippen LogP contribution in [0.25, 0.3) is 0 Å². The van der Waals surface area contributed by atoms with Crippen molar-refractivity contribution < 1.29 is 27.5 Å². The Morgan fingerprint density at radius 2 is 1.89 bits per heavy atom. The molecular formula is C17H19N3O6S2. The number of methoxy groups -OCH3 is 2. The molecular weight excluding hydrogens is 406 g/mol. The SMILES string of the molecule is CCN(C(C)=O)c1nc(CN2C(=O)c3cc(OC)c(OC)cc3S2(=O)=O)cs1. The molecule has 0 saturated carbocycles. The fourth-order valence-corrected chi connectivity index (χ4v) is 5.35. The average molecular weight is 425 g/mol. The number of anilines is 1. The molecule has 0 N–H and O–H groups in total. The summed E-state index contributed by atoms with van der Waals surface area (Å²) in [5, 5.41) is 2.09. The number of hydrogen-bond donors (Lipinski definition) is 0. The first kappa shape index (κ1) is 20.1. The smallest absolute Gasteiger partial charge is 0.269 e. The molecule has 28 heavy (non-hydrogen) atoms. The van der Waals surface area contributed by atoms with E-state index in [-0.39, 0.29) is 34.4 Å². The molecule has 150 valence electrons. The van der Waals surface area contributed by atoms with Crippen molar-refractivity contribution in [2.24, 2.45) is 0 Å². The highest BCUT2D eigenvalue weighted by atomic mass is 32.2. The van der Waals surface area contributed by atoms with Gasteiger partial charge >= 0.3 is 0 Å². The lowest BCUT2D eigenvalue weighted by Crippen LogP contribution is -2.30. The molecule has 3 rings (SSSR count). The van der Waals surface area contributed by atoms with Crippen LogP contribution in [0.5, 0.6) is 11.5 Å². The van der Waals surface area contributed by atoms with Gasteiger partial charge in [-0.3, -0.25) is 14.5 Å². The molecule has 1 aliphatic rings. The molecule has 0 bridgehead atoms. The first-order valence-corrected chi connectivity index (χ1v) is 10.6. The highest BCUT2D eigenvalue weighted by molar-refractivity contribution is 7.90. The van der Waals surface area contributed by atoms with Crippen molar-refractivity contribution in [3.63, 3.8) is 0 Å². The molecule has 0 aliphatic carbocycles. The van der Waals surface area contributed by atoms with Gasteiger partial charge in [0.15, 0.2) is 16.6 Å². The summed E-state index contributed by atoms with van der Waals surface area (Å²) in [6.45, 7) is 3.45. The lowest BCUT2D eigenvalue weighted by molar-refractivity contribution is -0.116. The summed E-state index contributed by atoms with van der Waals surface area (Å²) in [6.07, 6.45) is 0. The first-order chi connectivity index (χ1) is 13.2. The quantitative estimate of drug-likeness (QED) is 0.696. The lowest BCUT2D eigenvalue weighted by atomic mass is 10.2. The van der Waals surface area contributed by atoms with Crippen molar-refractivity contribution in [1.82, 2.24) is 9.29 Å². The van der Waals surface area contributed by atoms with Crippen molar-refractivity contribution in [3.8, 4) is 11.5 Å². The summed E-state index contributed by atoms with van der Waals surface area (Å²) in [4.78, 5) is 30.1. The number of carbonyl (C=O) groups excluding carboxylic acids is 2. The van der Waals surface area contributed by atoms with Gasteiger partial charge in [-0.05, 0) is 13.0 Å². The van der Waals surface area contributed by atoms with Crippen LogP contribution in [-0.4, -0.2) is 50.3 Å². The molecule has 0 spiro atoms. The standard InChI is InChI=1S/C17H19N3O6S2/c1-5-19(10(2)21)17-18-11(9-27-17)8-20-16(22)12-6-13(25-3)14(26-4)7-15(12)28(20,23)24/h6-7,9H,5,8H2,1-4H3. The zero-order valence-electron chi connectivity index (χ0n) is 15.8. The number of nitrogens with zero attached hydrogens (tertiary/aromatic N) is 3. The molecule has 0 radical (unpaired) electrons. The topological polar surface area (TPSA) is 106 Å². The van der Waals surface area contributed by atoms with Crippen LogP contribution in [-0.2, 0) is 21.4 Å². The second-order valence-electron chi connectivity index (χ2n) is 5.90. The molecule has 0 fully saturated rings. The van der Waals surface area contributed by atoms with Crippen molar-refractivity contribution in [2.75, 3.05) is 25.7 Å². The van der Waals surface area contributed by atoms with E-state index >= 15 is 0 Å². The molecule has 1 aromatic carbocycles. The van der Waals surface area contributed by atoms with Gasteiger partial charge in [-0.2, -0.15) is 0 Å². The number of sulfonamides is 1. The summed E-state index contributed by atoms with van der Waals surface area (Å²) in [6, 6.07) is 2.64. The third kappa shape index (κ3) is 3.20. The molecule has 1 aromatic heterocycles. The maximum atomic E-state index is 12.9. The third-order valence-electron chi connectivity index (χ3n) is 4.28. The second-order valence-corrected chi connectivity index (χ2v) is 8.57. The largest absolute Gasteiger partial charge is 0.493 e. The summed E-state index contributed by atoms with van der Waals surface area (Å²) >= 11 is 1.21. The fourth-order valence-electron chi connectivity index (χ4n) is 2.89. The minimum atomic E-state index is -4.05. The van der Waals surface area contributed by atoms with Crippen molar-refractivity contribution >= 4 is 38.3 Å². The van der Waals surface area contributed by atoms with Gasteiger partial charge in [-0.1, -0.05) is 0 Å². The number of thiazole rings is 1. The van der Waals surface area contributed by atoms with E-state index in [4.69, 9.17) is 9.47 Å². The number of hydrogen-bond acceptors (Lipinski definition) is 8. The predicted octanol–water partition coefficient (Wildman–Crippen LogP) is 1.88. The molecule has 9 nitrogen and oxygen atoms in total. The molecule has 0 unspecified atom stereocenters. The Morgan fingerprint density at radius 1 is 1.25 bits per heavy atom. The summed E-state index contributed by atoms with van der Waals surface area (Å²) in [7, 11) is -1.26. The van der Waals surface area contributed by atoms with E-state index in [9.17, 15) is 18.0 Å². The van der Waals surface area contributed by atoms with E-state index in [1.807, 2.05) is 6.92 Å². The Balaban J connectivity index is 1.95. The molecule has 0 saturated heterocycles. The molecule has 2 heterocycles. The van der Waals surface area contributed by atoms with Gasteiger partial charge in [0, 0.05) is 24.9 Å². The van der Waals surface area contributed by atoms with Crippen LogP contribution in [0.4, 0.5) is 5.13 Å². The Hall–Kier alpha value is -2.66. The molecule has 11 heteroatoms. The zero-order valence-corrected chi connectivity index (χ0v) is 17.4. The van der Waals surface area contributed by atoms with E-state index in [0.717, 1.165) is 4.31 Å². The van der Waals surface area contributed by atoms with E-state index in [1.165, 1.54) is 49.5 Å². The van der Waals surface area contributed by atoms with Crippen LogP contribution in [0.3, 0.4) is 0 Å². The van der Waals surface area contributed by atoms with Crippen LogP contribution in [0.15, 0.2) is 22.4 Å². The van der Waals surface area contributed by atoms with Gasteiger partial charge in [0.25, 0.3) is 15.9 Å². The van der Waals surface area contributed by atoms with Crippen LogP contribution in [0.2, 0.25) is 0 Å².